The predicted molar refractivity (Wildman–Crippen MR) is 111 cm³/mol. The number of carbonyl (C=O) groups is 1. The molecule has 3 saturated carbocycles. The van der Waals surface area contributed by atoms with Gasteiger partial charge in [-0.1, -0.05) is 0 Å². The fourth-order valence-corrected chi connectivity index (χ4v) is 5.23. The Kier molecular flexibility index (Phi) is 5.85. The molecule has 5 rings (SSSR count). The van der Waals surface area contributed by atoms with Gasteiger partial charge in [-0.15, -0.1) is 0 Å². The van der Waals surface area contributed by atoms with Crippen molar-refractivity contribution in [1.82, 2.24) is 9.55 Å². The lowest BCUT2D eigenvalue weighted by Crippen LogP contribution is -2.52. The van der Waals surface area contributed by atoms with Crippen molar-refractivity contribution in [2.75, 3.05) is 12.4 Å². The summed E-state index contributed by atoms with van der Waals surface area (Å²) in [6.45, 7) is 0. The number of alkyl halides is 3. The van der Waals surface area contributed by atoms with Gasteiger partial charge in [0.25, 0.3) is 5.56 Å². The summed E-state index contributed by atoms with van der Waals surface area (Å²) in [5.74, 6) is -0.212. The van der Waals surface area contributed by atoms with Crippen LogP contribution < -0.4 is 10.9 Å². The third-order valence-electron chi connectivity index (χ3n) is 6.34. The highest BCUT2D eigenvalue weighted by Crippen LogP contribution is 2.46. The molecule has 0 aliphatic heterocycles. The Labute approximate surface area is 184 Å². The first-order chi connectivity index (χ1) is 14.7. The lowest BCUT2D eigenvalue weighted by atomic mass is 9.61. The molecule has 3 aliphatic rings. The van der Waals surface area contributed by atoms with E-state index in [2.05, 4.69) is 26.2 Å². The largest absolute Gasteiger partial charge is 0.469 e. The number of nitrogens with one attached hydrogen (secondary N) is 1. The van der Waals surface area contributed by atoms with Gasteiger partial charge < -0.3 is 10.1 Å². The molecule has 0 spiro atoms. The Hall–Kier alpha value is -2.36. The van der Waals surface area contributed by atoms with Crippen molar-refractivity contribution < 1.29 is 22.7 Å². The van der Waals surface area contributed by atoms with Gasteiger partial charge in [-0.2, -0.15) is 13.2 Å². The lowest BCUT2D eigenvalue weighted by Gasteiger charge is -2.47. The summed E-state index contributed by atoms with van der Waals surface area (Å²) < 4.78 is 45.2. The third-order valence-corrected chi connectivity index (χ3v) is 6.73. The van der Waals surface area contributed by atoms with E-state index in [-0.39, 0.29) is 41.3 Å². The van der Waals surface area contributed by atoms with Crippen LogP contribution in [0, 0.1) is 17.8 Å². The highest BCUT2D eigenvalue weighted by molar-refractivity contribution is 9.10. The van der Waals surface area contributed by atoms with Crippen molar-refractivity contribution in [3.63, 3.8) is 0 Å². The van der Waals surface area contributed by atoms with Crippen molar-refractivity contribution in [3.8, 4) is 5.69 Å². The number of ether oxygens (including phenoxy) is 1. The maximum atomic E-state index is 13.1. The van der Waals surface area contributed by atoms with E-state index >= 15 is 0 Å². The van der Waals surface area contributed by atoms with Crippen LogP contribution in [-0.4, -0.2) is 28.7 Å². The van der Waals surface area contributed by atoms with E-state index in [4.69, 9.17) is 4.74 Å². The van der Waals surface area contributed by atoms with Crippen LogP contribution >= 0.6 is 15.9 Å². The lowest BCUT2D eigenvalue weighted by molar-refractivity contribution is -0.152. The van der Waals surface area contributed by atoms with Crippen molar-refractivity contribution in [1.29, 1.82) is 0 Å². The van der Waals surface area contributed by atoms with Crippen LogP contribution in [0.1, 0.15) is 31.2 Å². The van der Waals surface area contributed by atoms with Gasteiger partial charge in [0.15, 0.2) is 5.82 Å². The molecule has 3 aliphatic carbocycles. The number of rotatable bonds is 4. The zero-order chi connectivity index (χ0) is 22.3. The van der Waals surface area contributed by atoms with Crippen molar-refractivity contribution >= 4 is 27.7 Å². The molecule has 10 heteroatoms. The van der Waals surface area contributed by atoms with Gasteiger partial charge >= 0.3 is 12.1 Å². The van der Waals surface area contributed by atoms with Gasteiger partial charge in [0.05, 0.1) is 18.6 Å². The highest BCUT2D eigenvalue weighted by Gasteiger charge is 2.48. The van der Waals surface area contributed by atoms with E-state index in [1.54, 1.807) is 0 Å². The van der Waals surface area contributed by atoms with Crippen LogP contribution in [0.4, 0.5) is 19.0 Å². The molecule has 1 aromatic carbocycles. The molecule has 1 aromatic heterocycles. The number of benzene rings is 1. The fourth-order valence-electron chi connectivity index (χ4n) is 4.85. The number of fused-ring (bicyclic) bond motifs is 3. The summed E-state index contributed by atoms with van der Waals surface area (Å²) in [6.07, 6.45) is 0.752. The number of halogens is 4. The second kappa shape index (κ2) is 8.29. The highest BCUT2D eigenvalue weighted by atomic mass is 79.9. The zero-order valence-electron chi connectivity index (χ0n) is 16.7. The summed E-state index contributed by atoms with van der Waals surface area (Å²) >= 11 is 3.27. The minimum Gasteiger partial charge on any atom is -0.469 e. The molecule has 6 nitrogen and oxygen atoms in total. The molecule has 0 saturated heterocycles. The van der Waals surface area contributed by atoms with E-state index in [1.807, 2.05) is 0 Å². The number of hydrogen-bond acceptors (Lipinski definition) is 5. The maximum absolute atomic E-state index is 13.1. The molecular weight excluding hydrogens is 479 g/mol. The number of anilines is 1. The first kappa shape index (κ1) is 21.9. The van der Waals surface area contributed by atoms with Gasteiger partial charge in [0.1, 0.15) is 4.60 Å². The molecule has 2 atom stereocenters. The summed E-state index contributed by atoms with van der Waals surface area (Å²) in [4.78, 5) is 29.8. The first-order valence-corrected chi connectivity index (χ1v) is 10.8. The predicted octanol–water partition coefficient (Wildman–Crippen LogP) is 4.40. The normalized spacial score (nSPS) is 25.3. The second-order valence-corrected chi connectivity index (χ2v) is 8.84. The molecular formula is C21H21BrF3N3O3. The quantitative estimate of drug-likeness (QED) is 0.631. The number of esters is 1. The van der Waals surface area contributed by atoms with Gasteiger partial charge in [-0.25, -0.2) is 4.98 Å². The van der Waals surface area contributed by atoms with E-state index in [9.17, 15) is 22.8 Å². The minimum atomic E-state index is -4.46. The van der Waals surface area contributed by atoms with E-state index in [1.165, 1.54) is 30.0 Å². The average molecular weight is 500 g/mol. The number of nitrogens with zero attached hydrogens (tertiary/aromatic N) is 2. The monoisotopic (exact) mass is 499 g/mol. The number of carbonyl (C=O) groups excluding carboxylic acids is 1. The zero-order valence-corrected chi connectivity index (χ0v) is 18.2. The summed E-state index contributed by atoms with van der Waals surface area (Å²) in [5, 5.41) is 3.18. The summed E-state index contributed by atoms with van der Waals surface area (Å²) in [6, 6.07) is 4.05. The molecule has 0 amide bonds. The molecule has 31 heavy (non-hydrogen) atoms. The SMILES string of the molecule is COC(=O)[C@H]1C2CCC(CC2)[C@@H]1Nc1nc(Br)cn(-c2ccc(C(F)(F)F)cc2)c1=O. The Morgan fingerprint density at radius 1 is 1.16 bits per heavy atom. The summed E-state index contributed by atoms with van der Waals surface area (Å²) in [7, 11) is 1.36. The van der Waals surface area contributed by atoms with Gasteiger partial charge in [-0.3, -0.25) is 14.2 Å². The van der Waals surface area contributed by atoms with Crippen LogP contribution in [0.2, 0.25) is 0 Å². The van der Waals surface area contributed by atoms with Crippen molar-refractivity contribution in [2.45, 2.75) is 37.9 Å². The Morgan fingerprint density at radius 2 is 1.77 bits per heavy atom. The molecule has 0 radical (unpaired) electrons. The number of hydrogen-bond donors (Lipinski definition) is 1. The van der Waals surface area contributed by atoms with Crippen molar-refractivity contribution in [3.05, 3.63) is 51.0 Å². The molecule has 2 aromatic rings. The standard InChI is InChI=1S/C21H21BrF3N3O3/c1-31-20(30)16-11-2-4-12(5-3-11)17(16)27-18-19(29)28(10-15(22)26-18)14-8-6-13(7-9-14)21(23,24)25/h6-12,16-17H,2-5H2,1H3,(H,26,27)/t11?,12?,16-,17-/m0/s1. The average Bonchev–Trinajstić information content (AvgIpc) is 2.75. The topological polar surface area (TPSA) is 73.2 Å². The van der Waals surface area contributed by atoms with Crippen LogP contribution in [-0.2, 0) is 15.7 Å². The van der Waals surface area contributed by atoms with Crippen LogP contribution in [0.3, 0.4) is 0 Å². The fraction of sp³-hybridized carbons (Fsp3) is 0.476. The molecule has 166 valence electrons. The number of methoxy groups -OCH3 is 1. The Bertz CT molecular complexity index is 1030. The summed E-state index contributed by atoms with van der Waals surface area (Å²) in [5.41, 5.74) is -1.03. The van der Waals surface area contributed by atoms with Crippen LogP contribution in [0.5, 0.6) is 0 Å². The van der Waals surface area contributed by atoms with Crippen LogP contribution in [0.15, 0.2) is 39.9 Å². The van der Waals surface area contributed by atoms with Crippen LogP contribution in [0.25, 0.3) is 5.69 Å². The van der Waals surface area contributed by atoms with E-state index in [0.29, 0.717) is 4.60 Å². The number of aromatic nitrogens is 2. The second-order valence-electron chi connectivity index (χ2n) is 8.03. The smallest absolute Gasteiger partial charge is 0.416 e. The molecule has 1 heterocycles. The molecule has 1 N–H and O–H groups in total. The van der Waals surface area contributed by atoms with E-state index in [0.717, 1.165) is 37.8 Å². The van der Waals surface area contributed by atoms with Gasteiger partial charge in [-0.05, 0) is 77.7 Å². The van der Waals surface area contributed by atoms with Gasteiger partial charge in [0, 0.05) is 17.9 Å². The first-order valence-electron chi connectivity index (χ1n) is 10.00. The molecule has 3 fully saturated rings. The van der Waals surface area contributed by atoms with Crippen molar-refractivity contribution in [2.24, 2.45) is 17.8 Å². The van der Waals surface area contributed by atoms with E-state index < -0.39 is 17.3 Å². The minimum absolute atomic E-state index is 0.0423. The van der Waals surface area contributed by atoms with Gasteiger partial charge in [0.2, 0.25) is 0 Å². The molecule has 2 bridgehead atoms. The molecule has 0 unspecified atom stereocenters. The maximum Gasteiger partial charge on any atom is 0.416 e. The third kappa shape index (κ3) is 4.22. The Balaban J connectivity index is 1.68. The Morgan fingerprint density at radius 3 is 2.35 bits per heavy atom.